The number of β-amino-alcohol motifs (C(OH)–C–C–N with tert-alkyl or cyclic N) is 1. The summed E-state index contributed by atoms with van der Waals surface area (Å²) in [5.74, 6) is 1.12. The van der Waals surface area contributed by atoms with Gasteiger partial charge in [0.05, 0.1) is 6.10 Å². The Morgan fingerprint density at radius 1 is 1.41 bits per heavy atom. The second kappa shape index (κ2) is 8.32. The van der Waals surface area contributed by atoms with Gasteiger partial charge in [0.25, 0.3) is 0 Å². The van der Waals surface area contributed by atoms with E-state index in [9.17, 15) is 5.11 Å². The van der Waals surface area contributed by atoms with E-state index in [0.717, 1.165) is 45.0 Å². The summed E-state index contributed by atoms with van der Waals surface area (Å²) in [5, 5.41) is 13.4. The molecule has 0 bridgehead atoms. The molecule has 0 spiro atoms. The first-order valence-electron chi connectivity index (χ1n) is 6.43. The monoisotopic (exact) mass is 261 g/mol. The van der Waals surface area contributed by atoms with Crippen LogP contribution in [0.1, 0.15) is 6.92 Å². The summed E-state index contributed by atoms with van der Waals surface area (Å²) in [6, 6.07) is 0.530. The molecule has 4 nitrogen and oxygen atoms in total. The molecule has 1 saturated heterocycles. The lowest BCUT2D eigenvalue weighted by Gasteiger charge is -2.32. The maximum atomic E-state index is 10.1. The highest BCUT2D eigenvalue weighted by atomic mass is 32.2. The Morgan fingerprint density at radius 3 is 2.65 bits per heavy atom. The van der Waals surface area contributed by atoms with Crippen molar-refractivity contribution in [3.63, 3.8) is 0 Å². The molecule has 0 radical (unpaired) electrons. The number of likely N-dealkylation sites (N-methyl/N-ethyl adjacent to an activating group) is 1. The van der Waals surface area contributed by atoms with E-state index in [0.29, 0.717) is 6.04 Å². The third-order valence-electron chi connectivity index (χ3n) is 3.34. The summed E-state index contributed by atoms with van der Waals surface area (Å²) in [4.78, 5) is 4.59. The van der Waals surface area contributed by atoms with Gasteiger partial charge in [-0.1, -0.05) is 0 Å². The van der Waals surface area contributed by atoms with Crippen molar-refractivity contribution >= 4 is 11.8 Å². The van der Waals surface area contributed by atoms with Gasteiger partial charge < -0.3 is 15.3 Å². The standard InChI is InChI=1S/C12H27N3OS/c1-11(10-17-3)14(2)8-12(16)9-15-6-4-13-5-7-15/h11-13,16H,4-10H2,1-3H3. The molecular weight excluding hydrogens is 234 g/mol. The van der Waals surface area contributed by atoms with Crippen LogP contribution in [0.4, 0.5) is 0 Å². The Kier molecular flexibility index (Phi) is 7.46. The number of thioether (sulfide) groups is 1. The number of nitrogens with one attached hydrogen (secondary N) is 1. The highest BCUT2D eigenvalue weighted by molar-refractivity contribution is 7.98. The van der Waals surface area contributed by atoms with Crippen LogP contribution in [0.15, 0.2) is 0 Å². The smallest absolute Gasteiger partial charge is 0.0793 e. The van der Waals surface area contributed by atoms with E-state index in [2.05, 4.69) is 35.3 Å². The third-order valence-corrected chi connectivity index (χ3v) is 4.15. The van der Waals surface area contributed by atoms with Crippen LogP contribution in [-0.4, -0.2) is 85.4 Å². The first-order valence-corrected chi connectivity index (χ1v) is 7.83. The number of aliphatic hydroxyl groups is 1. The first kappa shape index (κ1) is 15.2. The Labute approximate surface area is 110 Å². The predicted molar refractivity (Wildman–Crippen MR) is 75.8 cm³/mol. The van der Waals surface area contributed by atoms with Gasteiger partial charge >= 0.3 is 0 Å². The molecule has 2 N–H and O–H groups in total. The van der Waals surface area contributed by atoms with Crippen LogP contribution in [0.2, 0.25) is 0 Å². The fraction of sp³-hybridized carbons (Fsp3) is 1.00. The second-order valence-electron chi connectivity index (χ2n) is 4.95. The van der Waals surface area contributed by atoms with E-state index >= 15 is 0 Å². The van der Waals surface area contributed by atoms with Gasteiger partial charge in [0.2, 0.25) is 0 Å². The maximum Gasteiger partial charge on any atom is 0.0793 e. The Morgan fingerprint density at radius 2 is 2.06 bits per heavy atom. The minimum absolute atomic E-state index is 0.234. The van der Waals surface area contributed by atoms with E-state index in [1.807, 2.05) is 11.8 Å². The molecule has 0 aromatic carbocycles. The third kappa shape index (κ3) is 6.06. The molecule has 2 unspecified atom stereocenters. The van der Waals surface area contributed by atoms with Crippen LogP contribution in [-0.2, 0) is 0 Å². The van der Waals surface area contributed by atoms with Gasteiger partial charge in [0.15, 0.2) is 0 Å². The topological polar surface area (TPSA) is 38.7 Å². The second-order valence-corrected chi connectivity index (χ2v) is 5.86. The number of aliphatic hydroxyl groups excluding tert-OH is 1. The molecular formula is C12H27N3OS. The molecule has 1 aliphatic heterocycles. The summed E-state index contributed by atoms with van der Waals surface area (Å²) < 4.78 is 0. The molecule has 17 heavy (non-hydrogen) atoms. The fourth-order valence-corrected chi connectivity index (χ4v) is 2.87. The molecule has 5 heteroatoms. The molecule has 2 atom stereocenters. The first-order chi connectivity index (χ1) is 8.13. The molecule has 1 aliphatic rings. The SMILES string of the molecule is CSCC(C)N(C)CC(O)CN1CCNCC1. The zero-order chi connectivity index (χ0) is 12.7. The summed E-state index contributed by atoms with van der Waals surface area (Å²) in [7, 11) is 2.10. The van der Waals surface area contributed by atoms with Crippen LogP contribution in [0.25, 0.3) is 0 Å². The summed E-state index contributed by atoms with van der Waals surface area (Å²) in [6.07, 6.45) is 1.89. The van der Waals surface area contributed by atoms with Crippen molar-refractivity contribution in [2.75, 3.05) is 58.3 Å². The predicted octanol–water partition coefficient (Wildman–Crippen LogP) is -0.0642. The van der Waals surface area contributed by atoms with Gasteiger partial charge in [0, 0.05) is 51.1 Å². The zero-order valence-corrected chi connectivity index (χ0v) is 12.2. The van der Waals surface area contributed by atoms with Crippen molar-refractivity contribution in [2.24, 2.45) is 0 Å². The number of hydrogen-bond donors (Lipinski definition) is 2. The molecule has 0 saturated carbocycles. The minimum Gasteiger partial charge on any atom is -0.390 e. The molecule has 0 aromatic rings. The quantitative estimate of drug-likeness (QED) is 0.671. The van der Waals surface area contributed by atoms with Crippen molar-refractivity contribution in [3.05, 3.63) is 0 Å². The lowest BCUT2D eigenvalue weighted by molar-refractivity contribution is 0.0695. The average molecular weight is 261 g/mol. The van der Waals surface area contributed by atoms with E-state index in [4.69, 9.17) is 0 Å². The van der Waals surface area contributed by atoms with Crippen LogP contribution in [0, 0.1) is 0 Å². The van der Waals surface area contributed by atoms with E-state index in [1.165, 1.54) is 0 Å². The molecule has 0 amide bonds. The Bertz CT molecular complexity index is 200. The maximum absolute atomic E-state index is 10.1. The van der Waals surface area contributed by atoms with Gasteiger partial charge in [-0.2, -0.15) is 11.8 Å². The molecule has 102 valence electrons. The Balaban J connectivity index is 2.20. The molecule has 1 fully saturated rings. The highest BCUT2D eigenvalue weighted by Gasteiger charge is 2.17. The van der Waals surface area contributed by atoms with Gasteiger partial charge in [-0.15, -0.1) is 0 Å². The summed E-state index contributed by atoms with van der Waals surface area (Å²) in [6.45, 7) is 8.00. The van der Waals surface area contributed by atoms with Gasteiger partial charge in [-0.25, -0.2) is 0 Å². The van der Waals surface area contributed by atoms with Crippen LogP contribution in [0.3, 0.4) is 0 Å². The van der Waals surface area contributed by atoms with Gasteiger partial charge in [0.1, 0.15) is 0 Å². The zero-order valence-electron chi connectivity index (χ0n) is 11.4. The minimum atomic E-state index is -0.234. The highest BCUT2D eigenvalue weighted by Crippen LogP contribution is 2.05. The van der Waals surface area contributed by atoms with Gasteiger partial charge in [-0.3, -0.25) is 4.90 Å². The van der Waals surface area contributed by atoms with Crippen LogP contribution in [0.5, 0.6) is 0 Å². The number of hydrogen-bond acceptors (Lipinski definition) is 5. The van der Waals surface area contributed by atoms with E-state index in [-0.39, 0.29) is 6.10 Å². The molecule has 0 aromatic heterocycles. The van der Waals surface area contributed by atoms with Crippen molar-refractivity contribution in [3.8, 4) is 0 Å². The van der Waals surface area contributed by atoms with E-state index < -0.39 is 0 Å². The fourth-order valence-electron chi connectivity index (χ4n) is 2.13. The number of nitrogens with zero attached hydrogens (tertiary/aromatic N) is 2. The molecule has 1 rings (SSSR count). The number of piperazine rings is 1. The van der Waals surface area contributed by atoms with Crippen molar-refractivity contribution < 1.29 is 5.11 Å². The lowest BCUT2D eigenvalue weighted by atomic mass is 10.2. The van der Waals surface area contributed by atoms with Crippen molar-refractivity contribution in [2.45, 2.75) is 19.1 Å². The summed E-state index contributed by atoms with van der Waals surface area (Å²) in [5.41, 5.74) is 0. The van der Waals surface area contributed by atoms with Crippen LogP contribution < -0.4 is 5.32 Å². The molecule has 1 heterocycles. The average Bonchev–Trinajstić information content (AvgIpc) is 2.30. The number of rotatable bonds is 7. The summed E-state index contributed by atoms with van der Waals surface area (Å²) >= 11 is 1.86. The van der Waals surface area contributed by atoms with Crippen molar-refractivity contribution in [1.29, 1.82) is 0 Å². The Hall–Kier alpha value is 0.190. The lowest BCUT2D eigenvalue weighted by Crippen LogP contribution is -2.48. The van der Waals surface area contributed by atoms with E-state index in [1.54, 1.807) is 0 Å². The molecule has 0 aliphatic carbocycles. The van der Waals surface area contributed by atoms with Gasteiger partial charge in [-0.05, 0) is 20.2 Å². The van der Waals surface area contributed by atoms with Crippen molar-refractivity contribution in [1.82, 2.24) is 15.1 Å². The van der Waals surface area contributed by atoms with Crippen LogP contribution >= 0.6 is 11.8 Å². The normalized spacial score (nSPS) is 21.7. The largest absolute Gasteiger partial charge is 0.390 e.